The fourth-order valence-corrected chi connectivity index (χ4v) is 2.91. The highest BCUT2D eigenvalue weighted by Crippen LogP contribution is 2.23. The van der Waals surface area contributed by atoms with Crippen molar-refractivity contribution in [2.24, 2.45) is 7.05 Å². The number of aryl methyl sites for hydroxylation is 1. The Kier molecular flexibility index (Phi) is 4.18. The van der Waals surface area contributed by atoms with Gasteiger partial charge in [-0.05, 0) is 37.1 Å². The number of likely N-dealkylation sites (tertiary alicyclic amines) is 1. The molecule has 23 heavy (non-hydrogen) atoms. The highest BCUT2D eigenvalue weighted by molar-refractivity contribution is 5.97. The smallest absolute Gasteiger partial charge is 0.274 e. The maximum Gasteiger partial charge on any atom is 0.274 e. The number of aromatic nitrogens is 3. The lowest BCUT2D eigenvalue weighted by atomic mass is 10.0. The number of ketones is 1. The molecule has 1 amide bonds. The molecule has 1 fully saturated rings. The lowest BCUT2D eigenvalue weighted by Crippen LogP contribution is -2.37. The minimum absolute atomic E-state index is 0.0853. The second kappa shape index (κ2) is 6.28. The molecule has 3 rings (SSSR count). The number of amides is 1. The topological polar surface area (TPSA) is 68.1 Å². The summed E-state index contributed by atoms with van der Waals surface area (Å²) in [5, 5.41) is 7.49. The summed E-state index contributed by atoms with van der Waals surface area (Å²) in [6.45, 7) is 0.616. The van der Waals surface area contributed by atoms with Crippen LogP contribution < -0.4 is 0 Å². The molecule has 1 aromatic carbocycles. The largest absolute Gasteiger partial charge is 0.334 e. The molecule has 1 aliphatic heterocycles. The van der Waals surface area contributed by atoms with Crippen molar-refractivity contribution in [3.63, 3.8) is 0 Å². The van der Waals surface area contributed by atoms with Crippen LogP contribution in [0.4, 0.5) is 4.39 Å². The number of benzene rings is 1. The van der Waals surface area contributed by atoms with Gasteiger partial charge in [-0.3, -0.25) is 9.59 Å². The third-order valence-corrected chi connectivity index (χ3v) is 4.16. The summed E-state index contributed by atoms with van der Waals surface area (Å²) < 4.78 is 14.4. The van der Waals surface area contributed by atoms with Gasteiger partial charge in [-0.25, -0.2) is 9.07 Å². The third kappa shape index (κ3) is 3.13. The van der Waals surface area contributed by atoms with Gasteiger partial charge in [0, 0.05) is 31.6 Å². The van der Waals surface area contributed by atoms with E-state index in [1.54, 1.807) is 11.9 Å². The van der Waals surface area contributed by atoms with E-state index in [-0.39, 0.29) is 30.0 Å². The average molecular weight is 316 g/mol. The van der Waals surface area contributed by atoms with Crippen molar-refractivity contribution in [2.75, 3.05) is 6.54 Å². The zero-order valence-electron chi connectivity index (χ0n) is 12.8. The predicted molar refractivity (Wildman–Crippen MR) is 80.4 cm³/mol. The second-order valence-corrected chi connectivity index (χ2v) is 5.67. The van der Waals surface area contributed by atoms with Crippen LogP contribution in [0.15, 0.2) is 30.5 Å². The summed E-state index contributed by atoms with van der Waals surface area (Å²) in [6.07, 6.45) is 3.31. The Morgan fingerprint density at radius 2 is 2.04 bits per heavy atom. The van der Waals surface area contributed by atoms with Crippen LogP contribution in [0, 0.1) is 5.82 Å². The Balaban J connectivity index is 1.72. The molecule has 2 heterocycles. The van der Waals surface area contributed by atoms with Crippen LogP contribution in [0.25, 0.3) is 0 Å². The molecule has 1 aromatic heterocycles. The fourth-order valence-electron chi connectivity index (χ4n) is 2.91. The lowest BCUT2D eigenvalue weighted by Gasteiger charge is -2.24. The summed E-state index contributed by atoms with van der Waals surface area (Å²) >= 11 is 0. The first kappa shape index (κ1) is 15.3. The molecule has 1 saturated heterocycles. The maximum absolute atomic E-state index is 12.9. The van der Waals surface area contributed by atoms with E-state index in [0.717, 1.165) is 12.8 Å². The second-order valence-electron chi connectivity index (χ2n) is 5.67. The van der Waals surface area contributed by atoms with Crippen molar-refractivity contribution in [3.8, 4) is 0 Å². The molecule has 7 heteroatoms. The number of halogens is 1. The Morgan fingerprint density at radius 3 is 2.70 bits per heavy atom. The van der Waals surface area contributed by atoms with Crippen molar-refractivity contribution in [1.82, 2.24) is 19.9 Å². The van der Waals surface area contributed by atoms with E-state index >= 15 is 0 Å². The van der Waals surface area contributed by atoms with Gasteiger partial charge >= 0.3 is 0 Å². The van der Waals surface area contributed by atoms with E-state index in [1.165, 1.54) is 35.1 Å². The van der Waals surface area contributed by atoms with Crippen molar-refractivity contribution in [1.29, 1.82) is 0 Å². The lowest BCUT2D eigenvalue weighted by molar-refractivity contribution is 0.0707. The van der Waals surface area contributed by atoms with E-state index in [9.17, 15) is 14.0 Å². The normalized spacial score (nSPS) is 17.5. The zero-order chi connectivity index (χ0) is 16.4. The van der Waals surface area contributed by atoms with Crippen LogP contribution in [0.5, 0.6) is 0 Å². The molecule has 6 nitrogen and oxygen atoms in total. The molecule has 1 atom stereocenters. The number of rotatable bonds is 4. The maximum atomic E-state index is 12.9. The molecule has 0 bridgehead atoms. The number of Topliss-reactive ketones (excluding diaryl/α,β-unsaturated/α-hetero) is 1. The van der Waals surface area contributed by atoms with Crippen molar-refractivity contribution >= 4 is 11.7 Å². The number of nitrogens with zero attached hydrogens (tertiary/aromatic N) is 4. The monoisotopic (exact) mass is 316 g/mol. The quantitative estimate of drug-likeness (QED) is 0.807. The first-order valence-corrected chi connectivity index (χ1v) is 7.50. The SMILES string of the molecule is Cn1nncc1C(=O)N1CCCC1CC(=O)c1ccc(F)cc1. The van der Waals surface area contributed by atoms with Crippen LogP contribution in [0.2, 0.25) is 0 Å². The van der Waals surface area contributed by atoms with Crippen LogP contribution in [0.3, 0.4) is 0 Å². The van der Waals surface area contributed by atoms with Crippen LogP contribution in [-0.4, -0.2) is 44.2 Å². The zero-order valence-corrected chi connectivity index (χ0v) is 12.8. The molecular weight excluding hydrogens is 299 g/mol. The first-order valence-electron chi connectivity index (χ1n) is 7.50. The summed E-state index contributed by atoms with van der Waals surface area (Å²) in [4.78, 5) is 26.6. The van der Waals surface area contributed by atoms with Crippen molar-refractivity contribution in [2.45, 2.75) is 25.3 Å². The summed E-state index contributed by atoms with van der Waals surface area (Å²) in [6, 6.07) is 5.35. The number of carbonyl (C=O) groups excluding carboxylic acids is 2. The fraction of sp³-hybridized carbons (Fsp3) is 0.375. The highest BCUT2D eigenvalue weighted by atomic mass is 19.1. The molecule has 0 N–H and O–H groups in total. The molecule has 0 aliphatic carbocycles. The van der Waals surface area contributed by atoms with E-state index in [2.05, 4.69) is 10.3 Å². The summed E-state index contributed by atoms with van der Waals surface area (Å²) in [7, 11) is 1.66. The van der Waals surface area contributed by atoms with Crippen molar-refractivity contribution < 1.29 is 14.0 Å². The van der Waals surface area contributed by atoms with Gasteiger partial charge in [0.15, 0.2) is 5.78 Å². The van der Waals surface area contributed by atoms with Gasteiger partial charge in [0.05, 0.1) is 6.20 Å². The summed E-state index contributed by atoms with van der Waals surface area (Å²) in [5.41, 5.74) is 0.874. The van der Waals surface area contributed by atoms with Gasteiger partial charge in [-0.15, -0.1) is 5.10 Å². The van der Waals surface area contributed by atoms with Gasteiger partial charge in [0.1, 0.15) is 11.5 Å². The Labute approximate surface area is 132 Å². The molecule has 0 spiro atoms. The van der Waals surface area contributed by atoms with E-state index in [4.69, 9.17) is 0 Å². The number of hydrogen-bond donors (Lipinski definition) is 0. The number of hydrogen-bond acceptors (Lipinski definition) is 4. The Morgan fingerprint density at radius 1 is 1.30 bits per heavy atom. The van der Waals surface area contributed by atoms with Gasteiger partial charge in [-0.2, -0.15) is 0 Å². The molecular formula is C16H17FN4O2. The standard InChI is InChI=1S/C16H17FN4O2/c1-20-14(10-18-19-20)16(23)21-8-2-3-13(21)9-15(22)11-4-6-12(17)7-5-11/h4-7,10,13H,2-3,8-9H2,1H3. The number of carbonyl (C=O) groups is 2. The predicted octanol–water partition coefficient (Wildman–Crippen LogP) is 1.83. The van der Waals surface area contributed by atoms with E-state index in [1.807, 2.05) is 0 Å². The van der Waals surface area contributed by atoms with Crippen molar-refractivity contribution in [3.05, 3.63) is 47.5 Å². The van der Waals surface area contributed by atoms with Gasteiger partial charge in [0.25, 0.3) is 5.91 Å². The minimum atomic E-state index is -0.372. The Bertz CT molecular complexity index is 726. The average Bonchev–Trinajstić information content (AvgIpc) is 3.16. The molecule has 1 aliphatic rings. The van der Waals surface area contributed by atoms with Crippen LogP contribution in [0.1, 0.15) is 40.1 Å². The third-order valence-electron chi connectivity index (χ3n) is 4.16. The molecule has 120 valence electrons. The Hall–Kier alpha value is -2.57. The molecule has 2 aromatic rings. The molecule has 0 radical (unpaired) electrons. The summed E-state index contributed by atoms with van der Waals surface area (Å²) in [5.74, 6) is -0.618. The first-order chi connectivity index (χ1) is 11.1. The van der Waals surface area contributed by atoms with E-state index < -0.39 is 0 Å². The minimum Gasteiger partial charge on any atom is -0.334 e. The van der Waals surface area contributed by atoms with Crippen LogP contribution in [-0.2, 0) is 7.05 Å². The van der Waals surface area contributed by atoms with Gasteiger partial charge < -0.3 is 4.90 Å². The molecule has 0 saturated carbocycles. The molecule has 1 unspecified atom stereocenters. The van der Waals surface area contributed by atoms with Gasteiger partial charge in [0.2, 0.25) is 0 Å². The van der Waals surface area contributed by atoms with Crippen LogP contribution >= 0.6 is 0 Å². The highest BCUT2D eigenvalue weighted by Gasteiger charge is 2.32. The van der Waals surface area contributed by atoms with E-state index in [0.29, 0.717) is 17.8 Å². The van der Waals surface area contributed by atoms with Gasteiger partial charge in [-0.1, -0.05) is 5.21 Å².